The molecule has 1 heterocycles. The number of aromatic nitrogens is 1. The molecule has 11 heavy (non-hydrogen) atoms. The quantitative estimate of drug-likeness (QED) is 0.736. The van der Waals surface area contributed by atoms with E-state index in [9.17, 15) is 0 Å². The van der Waals surface area contributed by atoms with Gasteiger partial charge in [-0.2, -0.15) is 0 Å². The Bertz CT molecular complexity index is 224. The molecule has 0 saturated heterocycles. The van der Waals surface area contributed by atoms with Crippen molar-refractivity contribution < 1.29 is 0 Å². The minimum Gasteiger partial charge on any atom is -0.375 e. The Kier molecular flexibility index (Phi) is 4.40. The molecule has 0 aliphatic heterocycles. The maximum atomic E-state index is 5.48. The van der Waals surface area contributed by atoms with Gasteiger partial charge in [-0.25, -0.2) is 4.98 Å². The first-order valence-electron chi connectivity index (χ1n) is 3.16. The summed E-state index contributed by atoms with van der Waals surface area (Å²) in [6.45, 7) is 2.63. The van der Waals surface area contributed by atoms with Crippen molar-refractivity contribution >= 4 is 28.9 Å². The highest BCUT2D eigenvalue weighted by molar-refractivity contribution is 7.15. The van der Waals surface area contributed by atoms with Crippen LogP contribution in [0.15, 0.2) is 0 Å². The van der Waals surface area contributed by atoms with E-state index in [4.69, 9.17) is 11.5 Å². The number of aryl methyl sites for hydroxylation is 1. The molecule has 1 aromatic heterocycles. The molecule has 0 spiro atoms. The van der Waals surface area contributed by atoms with Gasteiger partial charge in [-0.3, -0.25) is 0 Å². The lowest BCUT2D eigenvalue weighted by Gasteiger charge is -1.90. The van der Waals surface area contributed by atoms with E-state index in [-0.39, 0.29) is 12.4 Å². The summed E-state index contributed by atoms with van der Waals surface area (Å²) in [7, 11) is 0. The van der Waals surface area contributed by atoms with Gasteiger partial charge in [0.05, 0.1) is 5.69 Å². The second-order valence-corrected chi connectivity index (χ2v) is 3.21. The van der Waals surface area contributed by atoms with Crippen molar-refractivity contribution in [2.45, 2.75) is 13.3 Å². The van der Waals surface area contributed by atoms with E-state index >= 15 is 0 Å². The molecule has 0 saturated carbocycles. The van der Waals surface area contributed by atoms with Crippen molar-refractivity contribution in [1.29, 1.82) is 0 Å². The predicted molar refractivity (Wildman–Crippen MR) is 51.3 cm³/mol. The van der Waals surface area contributed by atoms with Crippen LogP contribution >= 0.6 is 23.7 Å². The molecule has 1 rings (SSSR count). The van der Waals surface area contributed by atoms with Gasteiger partial charge < -0.3 is 11.5 Å². The van der Waals surface area contributed by atoms with Gasteiger partial charge in [0.15, 0.2) is 5.13 Å². The molecular weight excluding hydrogens is 182 g/mol. The fraction of sp³-hybridized carbons (Fsp3) is 0.500. The lowest BCUT2D eigenvalue weighted by Crippen LogP contribution is -2.01. The van der Waals surface area contributed by atoms with Crippen LogP contribution in [0.2, 0.25) is 0 Å². The first-order valence-corrected chi connectivity index (χ1v) is 3.97. The summed E-state index contributed by atoms with van der Waals surface area (Å²) in [5.74, 6) is 0. The van der Waals surface area contributed by atoms with Crippen LogP contribution in [0.4, 0.5) is 5.13 Å². The zero-order chi connectivity index (χ0) is 7.56. The Morgan fingerprint density at radius 3 is 2.55 bits per heavy atom. The van der Waals surface area contributed by atoms with Gasteiger partial charge in [-0.15, -0.1) is 23.7 Å². The largest absolute Gasteiger partial charge is 0.375 e. The van der Waals surface area contributed by atoms with Gasteiger partial charge in [0, 0.05) is 4.88 Å². The van der Waals surface area contributed by atoms with Crippen LogP contribution in [-0.4, -0.2) is 11.5 Å². The average molecular weight is 194 g/mol. The zero-order valence-electron chi connectivity index (χ0n) is 6.33. The zero-order valence-corrected chi connectivity index (χ0v) is 7.97. The maximum Gasteiger partial charge on any atom is 0.180 e. The molecule has 0 atom stereocenters. The van der Waals surface area contributed by atoms with E-state index in [1.807, 2.05) is 6.92 Å². The number of thiazole rings is 1. The number of rotatable bonds is 2. The third-order valence-electron chi connectivity index (χ3n) is 1.28. The summed E-state index contributed by atoms with van der Waals surface area (Å²) < 4.78 is 0. The second-order valence-electron chi connectivity index (χ2n) is 2.10. The summed E-state index contributed by atoms with van der Waals surface area (Å²) in [5, 5.41) is 0.640. The van der Waals surface area contributed by atoms with E-state index in [0.717, 1.165) is 12.1 Å². The van der Waals surface area contributed by atoms with Gasteiger partial charge >= 0.3 is 0 Å². The number of hydrogen-bond donors (Lipinski definition) is 2. The van der Waals surface area contributed by atoms with E-state index in [2.05, 4.69) is 4.98 Å². The molecule has 0 aromatic carbocycles. The lowest BCUT2D eigenvalue weighted by molar-refractivity contribution is 0.970. The topological polar surface area (TPSA) is 64.9 Å². The summed E-state index contributed by atoms with van der Waals surface area (Å²) in [6, 6.07) is 0. The molecule has 0 radical (unpaired) electrons. The first-order chi connectivity index (χ1) is 4.74. The second kappa shape index (κ2) is 4.54. The Morgan fingerprint density at radius 1 is 1.55 bits per heavy atom. The maximum absolute atomic E-state index is 5.48. The third-order valence-corrected chi connectivity index (χ3v) is 2.33. The lowest BCUT2D eigenvalue weighted by atomic mass is 10.3. The Hall–Kier alpha value is -0.320. The van der Waals surface area contributed by atoms with Gasteiger partial charge in [-0.1, -0.05) is 0 Å². The molecule has 0 unspecified atom stereocenters. The summed E-state index contributed by atoms with van der Waals surface area (Å²) in [4.78, 5) is 5.28. The highest BCUT2D eigenvalue weighted by Crippen LogP contribution is 2.19. The van der Waals surface area contributed by atoms with Crippen LogP contribution < -0.4 is 11.5 Å². The van der Waals surface area contributed by atoms with E-state index in [1.165, 1.54) is 16.2 Å². The van der Waals surface area contributed by atoms with Crippen molar-refractivity contribution in [3.05, 3.63) is 10.6 Å². The van der Waals surface area contributed by atoms with Crippen LogP contribution in [-0.2, 0) is 6.42 Å². The molecule has 1 aromatic rings. The minimum atomic E-state index is 0. The fourth-order valence-electron chi connectivity index (χ4n) is 0.814. The number of nitrogens with zero attached hydrogens (tertiary/aromatic N) is 1. The van der Waals surface area contributed by atoms with E-state index in [0.29, 0.717) is 11.7 Å². The monoisotopic (exact) mass is 193 g/mol. The SMILES string of the molecule is Cc1nc(N)sc1CCN.Cl. The van der Waals surface area contributed by atoms with Crippen LogP contribution in [0.5, 0.6) is 0 Å². The van der Waals surface area contributed by atoms with Crippen LogP contribution in [0, 0.1) is 6.92 Å². The third kappa shape index (κ3) is 2.65. The standard InChI is InChI=1S/C6H11N3S.ClH/c1-4-5(2-3-7)10-6(8)9-4;/h2-3,7H2,1H3,(H2,8,9);1H. The summed E-state index contributed by atoms with van der Waals surface area (Å²) in [6.07, 6.45) is 0.890. The number of anilines is 1. The number of halogens is 1. The Labute approximate surface area is 76.2 Å². The normalized spacial score (nSPS) is 9.27. The molecule has 0 aliphatic rings. The molecule has 0 bridgehead atoms. The summed E-state index contributed by atoms with van der Waals surface area (Å²) in [5.41, 5.74) is 11.9. The average Bonchev–Trinajstić information content (AvgIpc) is 2.13. The van der Waals surface area contributed by atoms with Gasteiger partial charge in [0.2, 0.25) is 0 Å². The molecule has 5 heteroatoms. The first kappa shape index (κ1) is 10.7. The number of hydrogen-bond acceptors (Lipinski definition) is 4. The molecule has 0 aliphatic carbocycles. The van der Waals surface area contributed by atoms with Gasteiger partial charge in [0.1, 0.15) is 0 Å². The van der Waals surface area contributed by atoms with Crippen molar-refractivity contribution in [3.8, 4) is 0 Å². The fourth-order valence-corrected chi connectivity index (χ4v) is 1.66. The molecule has 0 fully saturated rings. The molecule has 0 amide bonds. The molecule has 64 valence electrons. The molecular formula is C6H12ClN3S. The van der Waals surface area contributed by atoms with Crippen molar-refractivity contribution in [2.75, 3.05) is 12.3 Å². The van der Waals surface area contributed by atoms with Crippen LogP contribution in [0.1, 0.15) is 10.6 Å². The van der Waals surface area contributed by atoms with E-state index < -0.39 is 0 Å². The van der Waals surface area contributed by atoms with Crippen LogP contribution in [0.3, 0.4) is 0 Å². The number of nitrogen functional groups attached to an aromatic ring is 1. The van der Waals surface area contributed by atoms with Gasteiger partial charge in [-0.05, 0) is 19.9 Å². The summed E-state index contributed by atoms with van der Waals surface area (Å²) >= 11 is 1.53. The van der Waals surface area contributed by atoms with Crippen molar-refractivity contribution in [3.63, 3.8) is 0 Å². The van der Waals surface area contributed by atoms with E-state index in [1.54, 1.807) is 0 Å². The Morgan fingerprint density at radius 2 is 2.18 bits per heavy atom. The van der Waals surface area contributed by atoms with Crippen molar-refractivity contribution in [1.82, 2.24) is 4.98 Å². The molecule has 3 nitrogen and oxygen atoms in total. The van der Waals surface area contributed by atoms with Gasteiger partial charge in [0.25, 0.3) is 0 Å². The number of nitrogens with two attached hydrogens (primary N) is 2. The van der Waals surface area contributed by atoms with Crippen molar-refractivity contribution in [2.24, 2.45) is 5.73 Å². The van der Waals surface area contributed by atoms with Crippen LogP contribution in [0.25, 0.3) is 0 Å². The highest BCUT2D eigenvalue weighted by atomic mass is 35.5. The highest BCUT2D eigenvalue weighted by Gasteiger charge is 2.02. The Balaban J connectivity index is 0.000001000. The molecule has 4 N–H and O–H groups in total. The smallest absolute Gasteiger partial charge is 0.180 e. The predicted octanol–water partition coefficient (Wildman–Crippen LogP) is 0.957. The minimum absolute atomic E-state index is 0.